The van der Waals surface area contributed by atoms with Crippen molar-refractivity contribution in [1.29, 1.82) is 0 Å². The van der Waals surface area contributed by atoms with Crippen molar-refractivity contribution in [2.75, 3.05) is 4.72 Å². The molecule has 2 aromatic carbocycles. The molecule has 6 heteroatoms. The first-order chi connectivity index (χ1) is 12.7. The van der Waals surface area contributed by atoms with Crippen molar-refractivity contribution in [2.24, 2.45) is 0 Å². The molecule has 3 aromatic rings. The fourth-order valence-electron chi connectivity index (χ4n) is 3.05. The normalized spacial score (nSPS) is 11.6. The second-order valence-corrected chi connectivity index (χ2v) is 8.71. The maximum atomic E-state index is 12.9. The van der Waals surface area contributed by atoms with Gasteiger partial charge in [0.1, 0.15) is 0 Å². The molecular formula is C21H25N3O2S. The van der Waals surface area contributed by atoms with Crippen LogP contribution in [0.5, 0.6) is 0 Å². The highest BCUT2D eigenvalue weighted by Gasteiger charge is 2.21. The van der Waals surface area contributed by atoms with Gasteiger partial charge >= 0.3 is 0 Å². The Morgan fingerprint density at radius 3 is 2.22 bits per heavy atom. The highest BCUT2D eigenvalue weighted by Crippen LogP contribution is 2.26. The first-order valence-electron chi connectivity index (χ1n) is 8.87. The van der Waals surface area contributed by atoms with Crippen molar-refractivity contribution in [3.63, 3.8) is 0 Å². The van der Waals surface area contributed by atoms with Crippen LogP contribution in [0.1, 0.15) is 33.6 Å². The predicted molar refractivity (Wildman–Crippen MR) is 109 cm³/mol. The molecule has 0 spiro atoms. The van der Waals surface area contributed by atoms with Gasteiger partial charge < -0.3 is 0 Å². The minimum absolute atomic E-state index is 0.299. The van der Waals surface area contributed by atoms with Crippen molar-refractivity contribution in [1.82, 2.24) is 9.78 Å². The zero-order chi connectivity index (χ0) is 19.8. The zero-order valence-electron chi connectivity index (χ0n) is 16.4. The summed E-state index contributed by atoms with van der Waals surface area (Å²) in [5, 5.41) is 4.54. The Hall–Kier alpha value is -2.60. The number of nitrogens with zero attached hydrogens (tertiary/aromatic N) is 2. The number of benzene rings is 2. The van der Waals surface area contributed by atoms with Gasteiger partial charge in [-0.25, -0.2) is 8.42 Å². The van der Waals surface area contributed by atoms with E-state index in [9.17, 15) is 8.42 Å². The van der Waals surface area contributed by atoms with Crippen LogP contribution in [0.2, 0.25) is 0 Å². The largest absolute Gasteiger partial charge is 0.276 e. The van der Waals surface area contributed by atoms with Gasteiger partial charge in [-0.15, -0.1) is 0 Å². The molecule has 3 rings (SSSR count). The number of hydrogen-bond donors (Lipinski definition) is 1. The Morgan fingerprint density at radius 1 is 0.926 bits per heavy atom. The van der Waals surface area contributed by atoms with Gasteiger partial charge in [-0.05, 0) is 57.4 Å². The van der Waals surface area contributed by atoms with E-state index in [4.69, 9.17) is 0 Å². The molecule has 0 radical (unpaired) electrons. The first kappa shape index (κ1) is 19.2. The minimum Gasteiger partial charge on any atom is -0.276 e. The Labute approximate surface area is 161 Å². The molecule has 0 fully saturated rings. The van der Waals surface area contributed by atoms with Crippen LogP contribution in [-0.2, 0) is 16.6 Å². The Kier molecular flexibility index (Phi) is 5.11. The maximum Gasteiger partial charge on any atom is 0.262 e. The predicted octanol–water partition coefficient (Wildman–Crippen LogP) is 4.27. The highest BCUT2D eigenvalue weighted by molar-refractivity contribution is 7.92. The van der Waals surface area contributed by atoms with Gasteiger partial charge in [0.25, 0.3) is 10.0 Å². The van der Waals surface area contributed by atoms with Crippen LogP contribution in [-0.4, -0.2) is 18.2 Å². The first-order valence-corrected chi connectivity index (χ1v) is 10.4. The van der Waals surface area contributed by atoms with Crippen LogP contribution in [0.25, 0.3) is 0 Å². The lowest BCUT2D eigenvalue weighted by Crippen LogP contribution is -2.15. The topological polar surface area (TPSA) is 64.0 Å². The Balaban J connectivity index is 1.92. The Morgan fingerprint density at radius 2 is 1.56 bits per heavy atom. The molecule has 27 heavy (non-hydrogen) atoms. The zero-order valence-corrected chi connectivity index (χ0v) is 17.2. The maximum absolute atomic E-state index is 12.9. The summed E-state index contributed by atoms with van der Waals surface area (Å²) in [6, 6.07) is 13.7. The number of sulfonamides is 1. The number of anilines is 1. The molecule has 1 aromatic heterocycles. The van der Waals surface area contributed by atoms with E-state index in [1.54, 1.807) is 13.0 Å². The van der Waals surface area contributed by atoms with E-state index < -0.39 is 10.0 Å². The molecule has 142 valence electrons. The summed E-state index contributed by atoms with van der Waals surface area (Å²) in [5.74, 6) is 0. The van der Waals surface area contributed by atoms with Crippen LogP contribution in [0.3, 0.4) is 0 Å². The third kappa shape index (κ3) is 4.06. The summed E-state index contributed by atoms with van der Waals surface area (Å²) in [6.45, 7) is 10.0. The van der Waals surface area contributed by atoms with Crippen LogP contribution in [0.4, 0.5) is 5.69 Å². The molecule has 0 bridgehead atoms. The van der Waals surface area contributed by atoms with Crippen LogP contribution < -0.4 is 4.72 Å². The molecule has 0 unspecified atom stereocenters. The lowest BCUT2D eigenvalue weighted by molar-refractivity contribution is 0.600. The molecule has 0 saturated carbocycles. The van der Waals surface area contributed by atoms with Gasteiger partial charge in [0.15, 0.2) is 0 Å². The van der Waals surface area contributed by atoms with Gasteiger partial charge in [-0.3, -0.25) is 9.40 Å². The average molecular weight is 384 g/mol. The third-order valence-corrected chi connectivity index (χ3v) is 6.20. The van der Waals surface area contributed by atoms with Crippen molar-refractivity contribution in [2.45, 2.75) is 46.1 Å². The molecule has 0 atom stereocenters. The lowest BCUT2D eigenvalue weighted by atomic mass is 10.1. The van der Waals surface area contributed by atoms with Crippen LogP contribution in [0.15, 0.2) is 47.4 Å². The smallest absolute Gasteiger partial charge is 0.262 e. The van der Waals surface area contributed by atoms with Gasteiger partial charge in [0.2, 0.25) is 0 Å². The second kappa shape index (κ2) is 7.19. The molecular weight excluding hydrogens is 358 g/mol. The fourth-order valence-corrected chi connectivity index (χ4v) is 4.56. The lowest BCUT2D eigenvalue weighted by Gasteiger charge is -2.12. The van der Waals surface area contributed by atoms with Crippen molar-refractivity contribution < 1.29 is 8.42 Å². The van der Waals surface area contributed by atoms with Crippen LogP contribution in [0, 0.1) is 34.6 Å². The summed E-state index contributed by atoms with van der Waals surface area (Å²) in [7, 11) is -3.68. The van der Waals surface area contributed by atoms with E-state index >= 15 is 0 Å². The second-order valence-electron chi connectivity index (χ2n) is 7.06. The van der Waals surface area contributed by atoms with E-state index in [1.807, 2.05) is 44.5 Å². The summed E-state index contributed by atoms with van der Waals surface area (Å²) in [4.78, 5) is 0.299. The quantitative estimate of drug-likeness (QED) is 0.715. The summed E-state index contributed by atoms with van der Waals surface area (Å²) in [5.41, 5.74) is 5.95. The molecule has 0 amide bonds. The van der Waals surface area contributed by atoms with Gasteiger partial charge in [0.05, 0.1) is 28.5 Å². The molecule has 1 heterocycles. The van der Waals surface area contributed by atoms with Crippen molar-refractivity contribution in [3.05, 3.63) is 76.1 Å². The number of rotatable bonds is 5. The van der Waals surface area contributed by atoms with E-state index in [0.717, 1.165) is 22.4 Å². The number of aromatic nitrogens is 2. The van der Waals surface area contributed by atoms with Gasteiger partial charge in [-0.1, -0.05) is 42.0 Å². The van der Waals surface area contributed by atoms with Crippen molar-refractivity contribution >= 4 is 15.7 Å². The summed E-state index contributed by atoms with van der Waals surface area (Å²) in [6.07, 6.45) is 0. The van der Waals surface area contributed by atoms with Gasteiger partial charge in [0, 0.05) is 0 Å². The van der Waals surface area contributed by atoms with Crippen LogP contribution >= 0.6 is 0 Å². The Bertz CT molecular complexity index is 1080. The summed E-state index contributed by atoms with van der Waals surface area (Å²) >= 11 is 0. The molecule has 0 aliphatic rings. The third-order valence-electron chi connectivity index (χ3n) is 4.70. The SMILES string of the molecule is Cc1ccc(Cn2nc(C)c(NS(=O)(=O)c3cc(C)ccc3C)c2C)cc1. The highest BCUT2D eigenvalue weighted by atomic mass is 32.2. The fraction of sp³-hybridized carbons (Fsp3) is 0.286. The molecule has 0 aliphatic heterocycles. The summed E-state index contributed by atoms with van der Waals surface area (Å²) < 4.78 is 30.4. The van der Waals surface area contributed by atoms with E-state index in [1.165, 1.54) is 5.56 Å². The minimum atomic E-state index is -3.68. The monoisotopic (exact) mass is 383 g/mol. The van der Waals surface area contributed by atoms with Gasteiger partial charge in [-0.2, -0.15) is 5.10 Å². The standard InChI is InChI=1S/C21H25N3O2S/c1-14-7-10-19(11-8-14)13-24-18(5)21(17(4)22-24)23-27(25,26)20-12-15(2)6-9-16(20)3/h6-12,23H,13H2,1-5H3. The molecule has 5 nitrogen and oxygen atoms in total. The average Bonchev–Trinajstić information content (AvgIpc) is 2.86. The number of nitrogens with one attached hydrogen (secondary N) is 1. The van der Waals surface area contributed by atoms with E-state index in [-0.39, 0.29) is 0 Å². The number of hydrogen-bond acceptors (Lipinski definition) is 3. The number of aryl methyl sites for hydroxylation is 4. The van der Waals surface area contributed by atoms with E-state index in [2.05, 4.69) is 34.1 Å². The molecule has 1 N–H and O–H groups in total. The molecule has 0 saturated heterocycles. The van der Waals surface area contributed by atoms with E-state index in [0.29, 0.717) is 22.8 Å². The van der Waals surface area contributed by atoms with Crippen molar-refractivity contribution in [3.8, 4) is 0 Å². The molecule has 0 aliphatic carbocycles.